The lowest BCUT2D eigenvalue weighted by Gasteiger charge is -2.51. The molecule has 1 aliphatic heterocycles. The van der Waals surface area contributed by atoms with E-state index in [0.29, 0.717) is 17.5 Å². The Balaban J connectivity index is 2.76. The van der Waals surface area contributed by atoms with Crippen molar-refractivity contribution in [2.24, 2.45) is 5.41 Å². The van der Waals surface area contributed by atoms with Gasteiger partial charge in [0.05, 0.1) is 0 Å². The van der Waals surface area contributed by atoms with Crippen LogP contribution >= 0.6 is 0 Å². The van der Waals surface area contributed by atoms with Crippen molar-refractivity contribution < 1.29 is 0 Å². The van der Waals surface area contributed by atoms with Gasteiger partial charge in [-0.1, -0.05) is 20.8 Å². The molecule has 0 bridgehead atoms. The average molecular weight is 212 g/mol. The summed E-state index contributed by atoms with van der Waals surface area (Å²) in [5.74, 6) is 0. The molecule has 1 saturated heterocycles. The molecule has 15 heavy (non-hydrogen) atoms. The van der Waals surface area contributed by atoms with Crippen LogP contribution in [0.25, 0.3) is 0 Å². The molecular formula is C13H28N2. The molecule has 0 aromatic rings. The summed E-state index contributed by atoms with van der Waals surface area (Å²) in [6, 6.07) is 1.24. The third-order valence-electron chi connectivity index (χ3n) is 3.61. The highest BCUT2D eigenvalue weighted by Crippen LogP contribution is 2.28. The Bertz CT molecular complexity index is 213. The summed E-state index contributed by atoms with van der Waals surface area (Å²) in [6.45, 7) is 18.5. The number of piperazine rings is 1. The molecule has 1 atom stereocenters. The maximum Gasteiger partial charge on any atom is 0.0281 e. The zero-order chi connectivity index (χ0) is 11.9. The molecule has 0 aromatic carbocycles. The summed E-state index contributed by atoms with van der Waals surface area (Å²) < 4.78 is 0. The van der Waals surface area contributed by atoms with Crippen molar-refractivity contribution in [2.75, 3.05) is 13.1 Å². The Morgan fingerprint density at radius 3 is 2.20 bits per heavy atom. The summed E-state index contributed by atoms with van der Waals surface area (Å²) in [6.07, 6.45) is 0. The SMILES string of the molecule is CC(C)N1CC(C(C)(C)C)NCC1(C)C. The maximum absolute atomic E-state index is 3.69. The van der Waals surface area contributed by atoms with Crippen LogP contribution in [-0.2, 0) is 0 Å². The van der Waals surface area contributed by atoms with E-state index >= 15 is 0 Å². The molecule has 90 valence electrons. The molecule has 0 radical (unpaired) electrons. The van der Waals surface area contributed by atoms with Crippen LogP contribution in [0.3, 0.4) is 0 Å². The van der Waals surface area contributed by atoms with Gasteiger partial charge in [0.2, 0.25) is 0 Å². The van der Waals surface area contributed by atoms with E-state index in [1.54, 1.807) is 0 Å². The van der Waals surface area contributed by atoms with Crippen LogP contribution < -0.4 is 5.32 Å². The normalized spacial score (nSPS) is 28.4. The fraction of sp³-hybridized carbons (Fsp3) is 1.00. The van der Waals surface area contributed by atoms with Gasteiger partial charge in [0.15, 0.2) is 0 Å². The zero-order valence-corrected chi connectivity index (χ0v) is 11.5. The molecule has 1 N–H and O–H groups in total. The Morgan fingerprint density at radius 2 is 1.80 bits per heavy atom. The van der Waals surface area contributed by atoms with Gasteiger partial charge in [0, 0.05) is 30.7 Å². The van der Waals surface area contributed by atoms with E-state index < -0.39 is 0 Å². The number of hydrogen-bond donors (Lipinski definition) is 1. The summed E-state index contributed by atoms with van der Waals surface area (Å²) in [5.41, 5.74) is 0.638. The fourth-order valence-electron chi connectivity index (χ4n) is 2.47. The predicted molar refractivity (Wildman–Crippen MR) is 67.2 cm³/mol. The van der Waals surface area contributed by atoms with E-state index in [0.717, 1.165) is 13.1 Å². The first kappa shape index (κ1) is 13.0. The van der Waals surface area contributed by atoms with Gasteiger partial charge < -0.3 is 5.32 Å². The van der Waals surface area contributed by atoms with Crippen molar-refractivity contribution in [3.8, 4) is 0 Å². The second-order valence-electron chi connectivity index (χ2n) is 6.86. The van der Waals surface area contributed by atoms with Crippen molar-refractivity contribution in [1.29, 1.82) is 0 Å². The minimum Gasteiger partial charge on any atom is -0.310 e. The first-order valence-corrected chi connectivity index (χ1v) is 6.15. The summed E-state index contributed by atoms with van der Waals surface area (Å²) in [5, 5.41) is 3.69. The lowest BCUT2D eigenvalue weighted by Crippen LogP contribution is -2.66. The molecule has 0 aromatic heterocycles. The molecule has 1 heterocycles. The molecule has 1 aliphatic rings. The number of rotatable bonds is 1. The summed E-state index contributed by atoms with van der Waals surface area (Å²) in [7, 11) is 0. The van der Waals surface area contributed by atoms with E-state index in [2.05, 4.69) is 58.7 Å². The fourth-order valence-corrected chi connectivity index (χ4v) is 2.47. The molecule has 0 saturated carbocycles. The zero-order valence-electron chi connectivity index (χ0n) is 11.5. The van der Waals surface area contributed by atoms with Crippen molar-refractivity contribution in [2.45, 2.75) is 66.1 Å². The van der Waals surface area contributed by atoms with E-state index in [9.17, 15) is 0 Å². The smallest absolute Gasteiger partial charge is 0.0281 e. The van der Waals surface area contributed by atoms with Gasteiger partial charge in [-0.25, -0.2) is 0 Å². The Hall–Kier alpha value is -0.0800. The van der Waals surface area contributed by atoms with Crippen LogP contribution in [0, 0.1) is 5.41 Å². The summed E-state index contributed by atoms with van der Waals surface area (Å²) >= 11 is 0. The van der Waals surface area contributed by atoms with E-state index in [1.165, 1.54) is 0 Å². The second kappa shape index (κ2) is 4.06. The number of nitrogens with zero attached hydrogens (tertiary/aromatic N) is 1. The number of nitrogens with one attached hydrogen (secondary N) is 1. The molecule has 0 amide bonds. The lowest BCUT2D eigenvalue weighted by molar-refractivity contribution is 0.0127. The summed E-state index contributed by atoms with van der Waals surface area (Å²) in [4.78, 5) is 2.62. The lowest BCUT2D eigenvalue weighted by atomic mass is 9.82. The largest absolute Gasteiger partial charge is 0.310 e. The average Bonchev–Trinajstić information content (AvgIpc) is 2.00. The van der Waals surface area contributed by atoms with Gasteiger partial charge in [-0.2, -0.15) is 0 Å². The van der Waals surface area contributed by atoms with Crippen molar-refractivity contribution in [3.05, 3.63) is 0 Å². The van der Waals surface area contributed by atoms with Crippen LogP contribution in [-0.4, -0.2) is 35.6 Å². The first-order valence-electron chi connectivity index (χ1n) is 6.15. The van der Waals surface area contributed by atoms with Crippen molar-refractivity contribution in [1.82, 2.24) is 10.2 Å². The van der Waals surface area contributed by atoms with Crippen LogP contribution in [0.4, 0.5) is 0 Å². The van der Waals surface area contributed by atoms with Crippen molar-refractivity contribution >= 4 is 0 Å². The Labute approximate surface area is 95.4 Å². The molecule has 1 unspecified atom stereocenters. The minimum atomic E-state index is 0.288. The van der Waals surface area contributed by atoms with Gasteiger partial charge in [-0.3, -0.25) is 4.90 Å². The quantitative estimate of drug-likeness (QED) is 0.718. The van der Waals surface area contributed by atoms with Gasteiger partial charge in [0.25, 0.3) is 0 Å². The molecule has 2 heteroatoms. The van der Waals surface area contributed by atoms with Gasteiger partial charge >= 0.3 is 0 Å². The van der Waals surface area contributed by atoms with Crippen LogP contribution in [0.15, 0.2) is 0 Å². The third-order valence-corrected chi connectivity index (χ3v) is 3.61. The highest BCUT2D eigenvalue weighted by molar-refractivity contribution is 4.97. The van der Waals surface area contributed by atoms with Crippen molar-refractivity contribution in [3.63, 3.8) is 0 Å². The predicted octanol–water partition coefficient (Wildman–Crippen LogP) is 2.49. The Morgan fingerprint density at radius 1 is 1.27 bits per heavy atom. The Kier molecular flexibility index (Phi) is 3.52. The van der Waals surface area contributed by atoms with Crippen LogP contribution in [0.2, 0.25) is 0 Å². The van der Waals surface area contributed by atoms with Gasteiger partial charge in [0.1, 0.15) is 0 Å². The van der Waals surface area contributed by atoms with E-state index in [4.69, 9.17) is 0 Å². The monoisotopic (exact) mass is 212 g/mol. The molecule has 1 rings (SSSR count). The first-order chi connectivity index (χ1) is 6.64. The molecular weight excluding hydrogens is 184 g/mol. The molecule has 1 fully saturated rings. The van der Waals surface area contributed by atoms with Gasteiger partial charge in [-0.15, -0.1) is 0 Å². The van der Waals surface area contributed by atoms with E-state index in [1.807, 2.05) is 0 Å². The highest BCUT2D eigenvalue weighted by Gasteiger charge is 2.39. The standard InChI is InChI=1S/C13H28N2/c1-10(2)15-8-11(12(3,4)5)14-9-13(15,6)7/h10-11,14H,8-9H2,1-7H3. The second-order valence-corrected chi connectivity index (χ2v) is 6.86. The molecule has 0 aliphatic carbocycles. The number of hydrogen-bond acceptors (Lipinski definition) is 2. The molecule has 2 nitrogen and oxygen atoms in total. The van der Waals surface area contributed by atoms with Crippen LogP contribution in [0.1, 0.15) is 48.5 Å². The third kappa shape index (κ3) is 2.94. The highest BCUT2D eigenvalue weighted by atomic mass is 15.3. The van der Waals surface area contributed by atoms with E-state index in [-0.39, 0.29) is 5.54 Å². The maximum atomic E-state index is 3.69. The van der Waals surface area contributed by atoms with Gasteiger partial charge in [-0.05, 0) is 33.1 Å². The van der Waals surface area contributed by atoms with Crippen LogP contribution in [0.5, 0.6) is 0 Å². The minimum absolute atomic E-state index is 0.288. The topological polar surface area (TPSA) is 15.3 Å². The molecule has 0 spiro atoms.